The third-order valence-corrected chi connectivity index (χ3v) is 3.73. The number of aromatic nitrogens is 4. The Morgan fingerprint density at radius 2 is 2.00 bits per heavy atom. The van der Waals surface area contributed by atoms with Gasteiger partial charge < -0.3 is 10.3 Å². The molecule has 0 unspecified atom stereocenters. The Kier molecular flexibility index (Phi) is 4.88. The Morgan fingerprint density at radius 1 is 1.17 bits per heavy atom. The van der Waals surface area contributed by atoms with E-state index in [4.69, 9.17) is 11.6 Å². The lowest BCUT2D eigenvalue weighted by atomic mass is 10.1. The van der Waals surface area contributed by atoms with E-state index < -0.39 is 0 Å². The van der Waals surface area contributed by atoms with Crippen molar-refractivity contribution in [1.29, 1.82) is 0 Å². The predicted molar refractivity (Wildman–Crippen MR) is 91.6 cm³/mol. The molecule has 3 rings (SSSR count). The number of H-pyrrole nitrogens is 1. The van der Waals surface area contributed by atoms with Gasteiger partial charge in [-0.05, 0) is 12.0 Å². The Bertz CT molecular complexity index is 770. The molecule has 0 aliphatic rings. The molecule has 0 saturated heterocycles. The van der Waals surface area contributed by atoms with Gasteiger partial charge in [-0.1, -0.05) is 48.9 Å². The van der Waals surface area contributed by atoms with Crippen molar-refractivity contribution >= 4 is 17.4 Å². The molecular weight excluding hydrogens is 310 g/mol. The van der Waals surface area contributed by atoms with Gasteiger partial charge >= 0.3 is 0 Å². The molecule has 0 bridgehead atoms. The number of hydrogen-bond acceptors (Lipinski definition) is 4. The maximum Gasteiger partial charge on any atom is 0.136 e. The summed E-state index contributed by atoms with van der Waals surface area (Å²) < 4.78 is 0. The number of hydrogen-bond donors (Lipinski definition) is 2. The lowest BCUT2D eigenvalue weighted by Crippen LogP contribution is -2.07. The number of imidazole rings is 1. The van der Waals surface area contributed by atoms with Crippen LogP contribution < -0.4 is 5.32 Å². The van der Waals surface area contributed by atoms with Gasteiger partial charge in [0.2, 0.25) is 0 Å². The quantitative estimate of drug-likeness (QED) is 0.679. The summed E-state index contributed by atoms with van der Waals surface area (Å²) in [5, 5.41) is 3.72. The maximum atomic E-state index is 6.12. The Labute approximate surface area is 140 Å². The minimum Gasteiger partial charge on any atom is -0.364 e. The third kappa shape index (κ3) is 4.07. The molecule has 0 spiro atoms. The van der Waals surface area contributed by atoms with E-state index in [0.717, 1.165) is 23.4 Å². The van der Waals surface area contributed by atoms with Crippen LogP contribution >= 0.6 is 11.6 Å². The third-order valence-electron chi connectivity index (χ3n) is 3.53. The molecule has 2 aromatic heterocycles. The van der Waals surface area contributed by atoms with Crippen LogP contribution in [0.15, 0.2) is 42.7 Å². The standard InChI is InChI=1S/C17H18ClN5/c1-2-13-14(21-11-20-13)10-19-16-9-15(18)22-17(23-16)8-12-6-4-3-5-7-12/h3-7,9,11H,2,8,10H2,1H3,(H,20,21)(H,19,22,23). The van der Waals surface area contributed by atoms with E-state index in [2.05, 4.69) is 44.3 Å². The van der Waals surface area contributed by atoms with Crippen molar-refractivity contribution < 1.29 is 0 Å². The molecule has 0 saturated carbocycles. The van der Waals surface area contributed by atoms with Crippen LogP contribution in [0.25, 0.3) is 0 Å². The number of rotatable bonds is 6. The van der Waals surface area contributed by atoms with Crippen molar-refractivity contribution in [3.05, 3.63) is 70.7 Å². The minimum absolute atomic E-state index is 0.439. The minimum atomic E-state index is 0.439. The van der Waals surface area contributed by atoms with Gasteiger partial charge in [0.15, 0.2) is 0 Å². The van der Waals surface area contributed by atoms with Crippen molar-refractivity contribution in [2.45, 2.75) is 26.3 Å². The van der Waals surface area contributed by atoms with E-state index in [0.29, 0.717) is 29.8 Å². The molecule has 1 aromatic carbocycles. The molecule has 0 atom stereocenters. The molecule has 3 aromatic rings. The number of aromatic amines is 1. The first-order chi connectivity index (χ1) is 11.2. The van der Waals surface area contributed by atoms with E-state index in [1.807, 2.05) is 18.2 Å². The van der Waals surface area contributed by atoms with Gasteiger partial charge in [-0.3, -0.25) is 0 Å². The topological polar surface area (TPSA) is 66.5 Å². The van der Waals surface area contributed by atoms with Gasteiger partial charge in [0.1, 0.15) is 16.8 Å². The molecule has 5 nitrogen and oxygen atoms in total. The smallest absolute Gasteiger partial charge is 0.136 e. The van der Waals surface area contributed by atoms with E-state index >= 15 is 0 Å². The van der Waals surface area contributed by atoms with Gasteiger partial charge in [0.25, 0.3) is 0 Å². The Hall–Kier alpha value is -2.40. The zero-order valence-corrected chi connectivity index (χ0v) is 13.6. The fraction of sp³-hybridized carbons (Fsp3) is 0.235. The highest BCUT2D eigenvalue weighted by Crippen LogP contribution is 2.15. The predicted octanol–water partition coefficient (Wildman–Crippen LogP) is 3.62. The fourth-order valence-electron chi connectivity index (χ4n) is 2.40. The van der Waals surface area contributed by atoms with Gasteiger partial charge in [-0.15, -0.1) is 0 Å². The number of nitrogens with zero attached hydrogens (tertiary/aromatic N) is 3. The van der Waals surface area contributed by atoms with Crippen LogP contribution in [0, 0.1) is 0 Å². The van der Waals surface area contributed by atoms with Gasteiger partial charge in [0.05, 0.1) is 24.3 Å². The first-order valence-electron chi connectivity index (χ1n) is 7.57. The molecule has 23 heavy (non-hydrogen) atoms. The van der Waals surface area contributed by atoms with Crippen LogP contribution in [0.5, 0.6) is 0 Å². The van der Waals surface area contributed by atoms with Crippen LogP contribution in [-0.4, -0.2) is 19.9 Å². The van der Waals surface area contributed by atoms with Gasteiger partial charge in [-0.2, -0.15) is 0 Å². The molecule has 6 heteroatoms. The van der Waals surface area contributed by atoms with Crippen LogP contribution in [0.4, 0.5) is 5.82 Å². The van der Waals surface area contributed by atoms with E-state index in [1.54, 1.807) is 12.4 Å². The molecule has 0 radical (unpaired) electrons. The molecule has 0 aliphatic heterocycles. The van der Waals surface area contributed by atoms with Gasteiger partial charge in [0, 0.05) is 12.5 Å². The monoisotopic (exact) mass is 327 g/mol. The normalized spacial score (nSPS) is 10.7. The number of benzene rings is 1. The summed E-state index contributed by atoms with van der Waals surface area (Å²) in [6.45, 7) is 2.71. The average Bonchev–Trinajstić information content (AvgIpc) is 3.01. The number of halogens is 1. The van der Waals surface area contributed by atoms with E-state index in [-0.39, 0.29) is 0 Å². The molecule has 118 valence electrons. The van der Waals surface area contributed by atoms with Crippen LogP contribution in [0.2, 0.25) is 5.15 Å². The van der Waals surface area contributed by atoms with Crippen molar-refractivity contribution in [1.82, 2.24) is 19.9 Å². The second-order valence-corrected chi connectivity index (χ2v) is 5.58. The van der Waals surface area contributed by atoms with Crippen molar-refractivity contribution in [3.63, 3.8) is 0 Å². The maximum absolute atomic E-state index is 6.12. The van der Waals surface area contributed by atoms with Gasteiger partial charge in [-0.25, -0.2) is 15.0 Å². The Balaban J connectivity index is 1.72. The lowest BCUT2D eigenvalue weighted by molar-refractivity contribution is 0.940. The van der Waals surface area contributed by atoms with Crippen LogP contribution in [0.1, 0.15) is 29.7 Å². The van der Waals surface area contributed by atoms with E-state index in [9.17, 15) is 0 Å². The van der Waals surface area contributed by atoms with Crippen LogP contribution in [-0.2, 0) is 19.4 Å². The average molecular weight is 328 g/mol. The number of anilines is 1. The SMILES string of the molecule is CCc1nc[nH]c1CNc1cc(Cl)nc(Cc2ccccc2)n1. The highest BCUT2D eigenvalue weighted by Gasteiger charge is 2.07. The second-order valence-electron chi connectivity index (χ2n) is 5.19. The van der Waals surface area contributed by atoms with E-state index in [1.165, 1.54) is 0 Å². The summed E-state index contributed by atoms with van der Waals surface area (Å²) in [5.41, 5.74) is 3.27. The molecular formula is C17H18ClN5. The molecule has 0 amide bonds. The summed E-state index contributed by atoms with van der Waals surface area (Å²) >= 11 is 6.12. The first kappa shape index (κ1) is 15.5. The zero-order valence-electron chi connectivity index (χ0n) is 12.9. The van der Waals surface area contributed by atoms with Crippen LogP contribution in [0.3, 0.4) is 0 Å². The number of aryl methyl sites for hydroxylation is 1. The number of nitrogens with one attached hydrogen (secondary N) is 2. The summed E-state index contributed by atoms with van der Waals surface area (Å²) in [7, 11) is 0. The zero-order chi connectivity index (χ0) is 16.1. The molecule has 2 N–H and O–H groups in total. The summed E-state index contributed by atoms with van der Waals surface area (Å²) in [4.78, 5) is 16.3. The second kappa shape index (κ2) is 7.24. The summed E-state index contributed by atoms with van der Waals surface area (Å²) in [5.74, 6) is 1.42. The highest BCUT2D eigenvalue weighted by atomic mass is 35.5. The largest absolute Gasteiger partial charge is 0.364 e. The summed E-state index contributed by atoms with van der Waals surface area (Å²) in [6, 6.07) is 11.8. The summed E-state index contributed by atoms with van der Waals surface area (Å²) in [6.07, 6.45) is 3.26. The highest BCUT2D eigenvalue weighted by molar-refractivity contribution is 6.29. The molecule has 2 heterocycles. The Morgan fingerprint density at radius 3 is 2.78 bits per heavy atom. The van der Waals surface area contributed by atoms with Crippen molar-refractivity contribution in [2.24, 2.45) is 0 Å². The molecule has 0 fully saturated rings. The lowest BCUT2D eigenvalue weighted by Gasteiger charge is -2.08. The van der Waals surface area contributed by atoms with Crippen molar-refractivity contribution in [2.75, 3.05) is 5.32 Å². The fourth-order valence-corrected chi connectivity index (χ4v) is 2.60. The van der Waals surface area contributed by atoms with Crippen molar-refractivity contribution in [3.8, 4) is 0 Å². The first-order valence-corrected chi connectivity index (χ1v) is 7.94. The molecule has 0 aliphatic carbocycles.